The first kappa shape index (κ1) is 13.5. The van der Waals surface area contributed by atoms with Crippen LogP contribution in [-0.4, -0.2) is 23.8 Å². The molecule has 0 aromatic rings. The molecule has 0 fully saturated rings. The molecule has 0 unspecified atom stereocenters. The van der Waals surface area contributed by atoms with E-state index in [1.165, 1.54) is 26.2 Å². The van der Waals surface area contributed by atoms with Crippen molar-refractivity contribution >= 4 is 12.0 Å². The van der Waals surface area contributed by atoms with Gasteiger partial charge >= 0.3 is 18.2 Å². The maximum absolute atomic E-state index is 11.6. The Kier molecular flexibility index (Phi) is 3.94. The molecule has 5 nitrogen and oxygen atoms in total. The van der Waals surface area contributed by atoms with Gasteiger partial charge in [0.1, 0.15) is 5.60 Å². The standard InChI is InChI=1S/C7H11F3N2O3/c1-6(2,3)15-5(14)12-11-4(13)7(8,9)10/h1-3H3,(H,11,13)(H,12,14). The second-order valence-electron chi connectivity index (χ2n) is 3.58. The highest BCUT2D eigenvalue weighted by molar-refractivity contribution is 5.83. The van der Waals surface area contributed by atoms with E-state index in [2.05, 4.69) is 4.74 Å². The van der Waals surface area contributed by atoms with E-state index in [0.717, 1.165) is 5.43 Å². The molecule has 88 valence electrons. The van der Waals surface area contributed by atoms with Gasteiger partial charge in [-0.15, -0.1) is 0 Å². The summed E-state index contributed by atoms with van der Waals surface area (Å²) in [7, 11) is 0. The fourth-order valence-electron chi connectivity index (χ4n) is 0.482. The minimum Gasteiger partial charge on any atom is -0.443 e. The zero-order valence-corrected chi connectivity index (χ0v) is 8.36. The van der Waals surface area contributed by atoms with E-state index in [0.29, 0.717) is 0 Å². The normalized spacial score (nSPS) is 11.9. The van der Waals surface area contributed by atoms with Crippen LogP contribution in [0.3, 0.4) is 0 Å². The summed E-state index contributed by atoms with van der Waals surface area (Å²) in [5.41, 5.74) is 1.77. The molecule has 0 rings (SSSR count). The summed E-state index contributed by atoms with van der Waals surface area (Å²) in [6, 6.07) is 0. The van der Waals surface area contributed by atoms with Crippen LogP contribution in [0.5, 0.6) is 0 Å². The lowest BCUT2D eigenvalue weighted by Gasteiger charge is -2.19. The van der Waals surface area contributed by atoms with Crippen molar-refractivity contribution in [1.29, 1.82) is 0 Å². The van der Waals surface area contributed by atoms with E-state index >= 15 is 0 Å². The summed E-state index contributed by atoms with van der Waals surface area (Å²) in [5, 5.41) is 0. The maximum atomic E-state index is 11.6. The topological polar surface area (TPSA) is 67.4 Å². The van der Waals surface area contributed by atoms with Gasteiger partial charge in [0.2, 0.25) is 0 Å². The molecule has 0 bridgehead atoms. The predicted molar refractivity (Wildman–Crippen MR) is 43.6 cm³/mol. The monoisotopic (exact) mass is 228 g/mol. The molecule has 0 saturated heterocycles. The number of ether oxygens (including phenoxy) is 1. The van der Waals surface area contributed by atoms with E-state index < -0.39 is 23.8 Å². The van der Waals surface area contributed by atoms with E-state index in [4.69, 9.17) is 0 Å². The van der Waals surface area contributed by atoms with Gasteiger partial charge in [0.25, 0.3) is 0 Å². The van der Waals surface area contributed by atoms with Crippen LogP contribution in [0.25, 0.3) is 0 Å². The molecule has 0 heterocycles. The zero-order valence-electron chi connectivity index (χ0n) is 8.36. The molecule has 15 heavy (non-hydrogen) atoms. The Morgan fingerprint density at radius 1 is 1.07 bits per heavy atom. The van der Waals surface area contributed by atoms with Crippen LogP contribution in [0.15, 0.2) is 0 Å². The van der Waals surface area contributed by atoms with Crippen molar-refractivity contribution in [1.82, 2.24) is 10.9 Å². The fraction of sp³-hybridized carbons (Fsp3) is 0.714. The van der Waals surface area contributed by atoms with Crippen molar-refractivity contribution < 1.29 is 27.5 Å². The number of halogens is 3. The van der Waals surface area contributed by atoms with Crippen molar-refractivity contribution in [2.45, 2.75) is 32.5 Å². The van der Waals surface area contributed by atoms with Gasteiger partial charge in [-0.25, -0.2) is 10.2 Å². The summed E-state index contributed by atoms with van der Waals surface area (Å²) in [5.74, 6) is -2.27. The van der Waals surface area contributed by atoms with E-state index in [9.17, 15) is 22.8 Å². The molecule has 2 N–H and O–H groups in total. The summed E-state index contributed by atoms with van der Waals surface area (Å²) in [6.07, 6.45) is -6.21. The number of alkyl halides is 3. The van der Waals surface area contributed by atoms with Crippen LogP contribution >= 0.6 is 0 Å². The molecule has 0 aliphatic heterocycles. The molecule has 0 atom stereocenters. The number of carbonyl (C=O) groups is 2. The second-order valence-corrected chi connectivity index (χ2v) is 3.58. The summed E-state index contributed by atoms with van der Waals surface area (Å²) in [6.45, 7) is 4.58. The van der Waals surface area contributed by atoms with Crippen LogP contribution in [0.1, 0.15) is 20.8 Å². The largest absolute Gasteiger partial charge is 0.472 e. The zero-order chi connectivity index (χ0) is 12.3. The molecule has 0 saturated carbocycles. The Morgan fingerprint density at radius 3 is 1.87 bits per heavy atom. The number of carbonyl (C=O) groups excluding carboxylic acids is 2. The second kappa shape index (κ2) is 4.37. The minimum absolute atomic E-state index is 0.854. The van der Waals surface area contributed by atoms with E-state index in [1.54, 1.807) is 0 Å². The smallest absolute Gasteiger partial charge is 0.443 e. The van der Waals surface area contributed by atoms with Gasteiger partial charge in [0.15, 0.2) is 0 Å². The van der Waals surface area contributed by atoms with Gasteiger partial charge in [-0.1, -0.05) is 0 Å². The average Bonchev–Trinajstić information content (AvgIpc) is 1.94. The van der Waals surface area contributed by atoms with Gasteiger partial charge in [0.05, 0.1) is 0 Å². The molecule has 0 aromatic carbocycles. The van der Waals surface area contributed by atoms with Crippen LogP contribution in [-0.2, 0) is 9.53 Å². The minimum atomic E-state index is -5.05. The predicted octanol–water partition coefficient (Wildman–Crippen LogP) is 1.10. The van der Waals surface area contributed by atoms with E-state index in [-0.39, 0.29) is 0 Å². The molecule has 0 aliphatic carbocycles. The molecule has 0 aliphatic rings. The van der Waals surface area contributed by atoms with Gasteiger partial charge in [-0.3, -0.25) is 10.2 Å². The van der Waals surface area contributed by atoms with Crippen molar-refractivity contribution in [3.8, 4) is 0 Å². The van der Waals surface area contributed by atoms with Gasteiger partial charge in [-0.2, -0.15) is 13.2 Å². The third-order valence-corrected chi connectivity index (χ3v) is 0.934. The number of rotatable bonds is 0. The van der Waals surface area contributed by atoms with Crippen molar-refractivity contribution in [2.24, 2.45) is 0 Å². The Morgan fingerprint density at radius 2 is 1.53 bits per heavy atom. The van der Waals surface area contributed by atoms with Crippen molar-refractivity contribution in [3.63, 3.8) is 0 Å². The fourth-order valence-corrected chi connectivity index (χ4v) is 0.482. The van der Waals surface area contributed by atoms with Gasteiger partial charge < -0.3 is 4.74 Å². The van der Waals surface area contributed by atoms with Crippen molar-refractivity contribution in [2.75, 3.05) is 0 Å². The number of nitrogens with one attached hydrogen (secondary N) is 2. The molecule has 0 radical (unpaired) electrons. The number of hydrogen-bond acceptors (Lipinski definition) is 3. The van der Waals surface area contributed by atoms with Gasteiger partial charge in [-0.05, 0) is 20.8 Å². The molecular weight excluding hydrogens is 217 g/mol. The maximum Gasteiger partial charge on any atom is 0.472 e. The molecule has 2 amide bonds. The van der Waals surface area contributed by atoms with Crippen molar-refractivity contribution in [3.05, 3.63) is 0 Å². The summed E-state index contributed by atoms with van der Waals surface area (Å²) >= 11 is 0. The first-order valence-corrected chi connectivity index (χ1v) is 3.88. The van der Waals surface area contributed by atoms with Crippen LogP contribution in [0.2, 0.25) is 0 Å². The number of hydrogen-bond donors (Lipinski definition) is 2. The molecule has 8 heteroatoms. The molecule has 0 aromatic heterocycles. The average molecular weight is 228 g/mol. The lowest BCUT2D eigenvalue weighted by molar-refractivity contribution is -0.174. The third-order valence-electron chi connectivity index (χ3n) is 0.934. The quantitative estimate of drug-likeness (QED) is 0.610. The molecule has 0 spiro atoms. The van der Waals surface area contributed by atoms with Gasteiger partial charge in [0, 0.05) is 0 Å². The molecular formula is C7H11F3N2O3. The lowest BCUT2D eigenvalue weighted by atomic mass is 10.2. The highest BCUT2D eigenvalue weighted by Crippen LogP contribution is 2.13. The first-order valence-electron chi connectivity index (χ1n) is 3.88. The first-order chi connectivity index (χ1) is 6.52. The van der Waals surface area contributed by atoms with E-state index in [1.807, 2.05) is 0 Å². The Hall–Kier alpha value is -1.47. The number of hydrazine groups is 1. The highest BCUT2D eigenvalue weighted by atomic mass is 19.4. The van der Waals surface area contributed by atoms with Crippen LogP contribution < -0.4 is 10.9 Å². The summed E-state index contributed by atoms with van der Waals surface area (Å²) in [4.78, 5) is 21.0. The SMILES string of the molecule is CC(C)(C)OC(=O)NNC(=O)C(F)(F)F. The Balaban J connectivity index is 3.98. The Bertz CT molecular complexity index is 257. The van der Waals surface area contributed by atoms with Crippen LogP contribution in [0.4, 0.5) is 18.0 Å². The lowest BCUT2D eigenvalue weighted by Crippen LogP contribution is -2.49. The Labute approximate surface area is 83.9 Å². The van der Waals surface area contributed by atoms with Crippen LogP contribution in [0, 0.1) is 0 Å². The third kappa shape index (κ3) is 6.58. The summed E-state index contributed by atoms with van der Waals surface area (Å²) < 4.78 is 39.5. The highest BCUT2D eigenvalue weighted by Gasteiger charge is 2.39. The number of amides is 2.